The third-order valence-electron chi connectivity index (χ3n) is 3.59. The molecule has 0 aromatic carbocycles. The van der Waals surface area contributed by atoms with Crippen molar-refractivity contribution in [2.45, 2.75) is 26.2 Å². The van der Waals surface area contributed by atoms with Crippen LogP contribution in [-0.2, 0) is 4.79 Å². The van der Waals surface area contributed by atoms with Gasteiger partial charge in [0.2, 0.25) is 5.91 Å². The van der Waals surface area contributed by atoms with Crippen LogP contribution in [0.4, 0.5) is 5.82 Å². The topological polar surface area (TPSA) is 84.4 Å². The Hall–Kier alpha value is -1.11. The Labute approximate surface area is 125 Å². The molecule has 0 unspecified atom stereocenters. The summed E-state index contributed by atoms with van der Waals surface area (Å²) in [7, 11) is 0. The molecule has 1 aliphatic rings. The minimum Gasteiger partial charge on any atom is -0.360 e. The summed E-state index contributed by atoms with van der Waals surface area (Å²) in [5.74, 6) is 1.82. The van der Waals surface area contributed by atoms with E-state index in [1.165, 1.54) is 0 Å². The van der Waals surface area contributed by atoms with Crippen molar-refractivity contribution in [2.75, 3.05) is 31.5 Å². The highest BCUT2D eigenvalue weighted by molar-refractivity contribution is 5.89. The van der Waals surface area contributed by atoms with Gasteiger partial charge in [0.05, 0.1) is 0 Å². The van der Waals surface area contributed by atoms with Crippen molar-refractivity contribution in [1.82, 2.24) is 10.1 Å². The van der Waals surface area contributed by atoms with Crippen molar-refractivity contribution < 1.29 is 9.32 Å². The second-order valence-electron chi connectivity index (χ2n) is 5.14. The number of nitrogens with one attached hydrogen (secondary N) is 1. The van der Waals surface area contributed by atoms with Gasteiger partial charge in [-0.1, -0.05) is 5.16 Å². The van der Waals surface area contributed by atoms with E-state index >= 15 is 0 Å². The Morgan fingerprint density at radius 3 is 2.80 bits per heavy atom. The summed E-state index contributed by atoms with van der Waals surface area (Å²) in [5, 5.41) is 6.47. The van der Waals surface area contributed by atoms with Crippen molar-refractivity contribution in [1.29, 1.82) is 0 Å². The number of aryl methyl sites for hydroxylation is 1. The van der Waals surface area contributed by atoms with Crippen LogP contribution in [0, 0.1) is 12.8 Å². The quantitative estimate of drug-likeness (QED) is 0.859. The molecule has 1 amide bonds. The number of amides is 1. The Morgan fingerprint density at radius 1 is 1.55 bits per heavy atom. The van der Waals surface area contributed by atoms with E-state index in [4.69, 9.17) is 10.3 Å². The first-order chi connectivity index (χ1) is 9.17. The lowest BCUT2D eigenvalue weighted by atomic mass is 9.97. The van der Waals surface area contributed by atoms with Gasteiger partial charge in [0.15, 0.2) is 5.82 Å². The van der Waals surface area contributed by atoms with Gasteiger partial charge in [-0.05, 0) is 45.3 Å². The summed E-state index contributed by atoms with van der Waals surface area (Å²) >= 11 is 0. The highest BCUT2D eigenvalue weighted by atomic mass is 35.5. The summed E-state index contributed by atoms with van der Waals surface area (Å²) in [4.78, 5) is 14.1. The maximum atomic E-state index is 11.7. The number of likely N-dealkylation sites (tertiary alicyclic amines) is 1. The number of carbonyl (C=O) groups excluding carboxylic acids is 1. The summed E-state index contributed by atoms with van der Waals surface area (Å²) in [6.07, 6.45) is 2.76. The molecular weight excluding hydrogens is 280 g/mol. The molecule has 2 rings (SSSR count). The van der Waals surface area contributed by atoms with Crippen LogP contribution in [0.2, 0.25) is 0 Å². The van der Waals surface area contributed by atoms with Crippen LogP contribution in [0.1, 0.15) is 25.0 Å². The number of piperidine rings is 1. The van der Waals surface area contributed by atoms with E-state index in [0.29, 0.717) is 23.9 Å². The molecule has 114 valence electrons. The zero-order valence-corrected chi connectivity index (χ0v) is 12.6. The van der Waals surface area contributed by atoms with E-state index in [9.17, 15) is 4.79 Å². The van der Waals surface area contributed by atoms with Crippen molar-refractivity contribution >= 4 is 24.1 Å². The largest absolute Gasteiger partial charge is 0.360 e. The maximum absolute atomic E-state index is 11.7. The molecule has 0 spiro atoms. The monoisotopic (exact) mass is 302 g/mol. The molecule has 2 heterocycles. The van der Waals surface area contributed by atoms with Crippen LogP contribution >= 0.6 is 12.4 Å². The number of carbonyl (C=O) groups is 1. The van der Waals surface area contributed by atoms with Crippen LogP contribution < -0.4 is 11.1 Å². The molecule has 6 nitrogen and oxygen atoms in total. The van der Waals surface area contributed by atoms with Gasteiger partial charge in [0.1, 0.15) is 5.76 Å². The predicted molar refractivity (Wildman–Crippen MR) is 80.0 cm³/mol. The second kappa shape index (κ2) is 8.24. The van der Waals surface area contributed by atoms with E-state index < -0.39 is 0 Å². The molecule has 1 aromatic rings. The van der Waals surface area contributed by atoms with Gasteiger partial charge in [-0.15, -0.1) is 12.4 Å². The van der Waals surface area contributed by atoms with Crippen molar-refractivity contribution in [3.05, 3.63) is 11.8 Å². The van der Waals surface area contributed by atoms with Gasteiger partial charge in [0.25, 0.3) is 0 Å². The summed E-state index contributed by atoms with van der Waals surface area (Å²) in [6, 6.07) is 1.71. The van der Waals surface area contributed by atoms with Gasteiger partial charge < -0.3 is 20.5 Å². The molecule has 0 atom stereocenters. The fourth-order valence-electron chi connectivity index (χ4n) is 2.34. The van der Waals surface area contributed by atoms with E-state index in [1.807, 2.05) is 0 Å². The van der Waals surface area contributed by atoms with Crippen LogP contribution in [-0.4, -0.2) is 42.1 Å². The number of nitrogens with zero attached hydrogens (tertiary/aromatic N) is 2. The van der Waals surface area contributed by atoms with Crippen LogP contribution in [0.15, 0.2) is 10.6 Å². The first-order valence-electron chi connectivity index (χ1n) is 6.83. The van der Waals surface area contributed by atoms with E-state index in [0.717, 1.165) is 39.0 Å². The summed E-state index contributed by atoms with van der Waals surface area (Å²) < 4.78 is 4.90. The summed E-state index contributed by atoms with van der Waals surface area (Å²) in [5.41, 5.74) is 5.66. The molecule has 0 radical (unpaired) electrons. The Kier molecular flexibility index (Phi) is 6.98. The van der Waals surface area contributed by atoms with E-state index in [2.05, 4.69) is 15.4 Å². The lowest BCUT2D eigenvalue weighted by Gasteiger charge is -2.30. The molecule has 1 aliphatic heterocycles. The van der Waals surface area contributed by atoms with Gasteiger partial charge in [-0.25, -0.2) is 0 Å². The van der Waals surface area contributed by atoms with Crippen molar-refractivity contribution in [3.63, 3.8) is 0 Å². The molecule has 3 N–H and O–H groups in total. The first kappa shape index (κ1) is 16.9. The lowest BCUT2D eigenvalue weighted by molar-refractivity contribution is -0.116. The Morgan fingerprint density at radius 2 is 2.25 bits per heavy atom. The van der Waals surface area contributed by atoms with Crippen molar-refractivity contribution in [2.24, 2.45) is 11.7 Å². The fourth-order valence-corrected chi connectivity index (χ4v) is 2.34. The first-order valence-corrected chi connectivity index (χ1v) is 6.83. The molecule has 7 heteroatoms. The zero-order valence-electron chi connectivity index (χ0n) is 11.8. The molecule has 1 aromatic heterocycles. The number of halogens is 1. The highest BCUT2D eigenvalue weighted by Crippen LogP contribution is 2.16. The molecule has 0 saturated carbocycles. The van der Waals surface area contributed by atoms with Crippen LogP contribution in [0.5, 0.6) is 0 Å². The third kappa shape index (κ3) is 5.11. The van der Waals surface area contributed by atoms with Crippen molar-refractivity contribution in [3.8, 4) is 0 Å². The van der Waals surface area contributed by atoms with Gasteiger partial charge in [0, 0.05) is 19.0 Å². The standard InChI is InChI=1S/C13H22N4O2.ClH/c1-10-8-12(16-19-10)15-13(18)4-7-17-5-2-11(9-14)3-6-17;/h8,11H,2-7,9,14H2,1H3,(H,15,16,18);1H. The number of hydrogen-bond acceptors (Lipinski definition) is 5. The molecule has 0 aliphatic carbocycles. The Bertz CT molecular complexity index is 416. The molecule has 20 heavy (non-hydrogen) atoms. The van der Waals surface area contributed by atoms with Gasteiger partial charge in [-0.2, -0.15) is 0 Å². The number of aromatic nitrogens is 1. The number of rotatable bonds is 5. The van der Waals surface area contributed by atoms with Gasteiger partial charge in [-0.3, -0.25) is 4.79 Å². The fraction of sp³-hybridized carbons (Fsp3) is 0.692. The predicted octanol–water partition coefficient (Wildman–Crippen LogP) is 1.40. The molecule has 1 saturated heterocycles. The smallest absolute Gasteiger partial charge is 0.226 e. The number of nitrogens with two attached hydrogens (primary N) is 1. The minimum absolute atomic E-state index is 0. The van der Waals surface area contributed by atoms with Crippen LogP contribution in [0.25, 0.3) is 0 Å². The number of hydrogen-bond donors (Lipinski definition) is 2. The van der Waals surface area contributed by atoms with E-state index in [1.54, 1.807) is 13.0 Å². The highest BCUT2D eigenvalue weighted by Gasteiger charge is 2.18. The number of anilines is 1. The normalized spacial score (nSPS) is 16.7. The second-order valence-corrected chi connectivity index (χ2v) is 5.14. The van der Waals surface area contributed by atoms with E-state index in [-0.39, 0.29) is 18.3 Å². The third-order valence-corrected chi connectivity index (χ3v) is 3.59. The maximum Gasteiger partial charge on any atom is 0.226 e. The summed E-state index contributed by atoms with van der Waals surface area (Å²) in [6.45, 7) is 5.44. The van der Waals surface area contributed by atoms with Gasteiger partial charge >= 0.3 is 0 Å². The zero-order chi connectivity index (χ0) is 13.7. The molecule has 0 bridgehead atoms. The minimum atomic E-state index is -0.0192. The average Bonchev–Trinajstić information content (AvgIpc) is 2.82. The molecule has 1 fully saturated rings. The van der Waals surface area contributed by atoms with Crippen LogP contribution in [0.3, 0.4) is 0 Å². The average molecular weight is 303 g/mol. The Balaban J connectivity index is 0.00000200. The SMILES string of the molecule is Cc1cc(NC(=O)CCN2CCC(CN)CC2)no1.Cl. The molecular formula is C13H23ClN4O2. The lowest BCUT2D eigenvalue weighted by Crippen LogP contribution is -2.37.